The third-order valence-electron chi connectivity index (χ3n) is 4.45. The molecule has 0 bridgehead atoms. The second-order valence-electron chi connectivity index (χ2n) is 6.17. The Balaban J connectivity index is 1.84. The van der Waals surface area contributed by atoms with Crippen LogP contribution in [0, 0.1) is 0 Å². The van der Waals surface area contributed by atoms with E-state index in [0.29, 0.717) is 5.82 Å². The molecule has 1 aromatic heterocycles. The van der Waals surface area contributed by atoms with Crippen molar-refractivity contribution in [2.75, 3.05) is 24.7 Å². The SMILES string of the molecule is CCc1cc(-c2cccc(N)n2)c(OC)cc1CCNc1ccccc1. The molecule has 0 amide bonds. The highest BCUT2D eigenvalue weighted by Crippen LogP contribution is 2.32. The van der Waals surface area contributed by atoms with Gasteiger partial charge in [-0.25, -0.2) is 4.98 Å². The van der Waals surface area contributed by atoms with Crippen LogP contribution in [0.3, 0.4) is 0 Å². The summed E-state index contributed by atoms with van der Waals surface area (Å²) in [7, 11) is 1.70. The van der Waals surface area contributed by atoms with Crippen LogP contribution < -0.4 is 15.8 Å². The van der Waals surface area contributed by atoms with E-state index >= 15 is 0 Å². The first-order chi connectivity index (χ1) is 12.7. The highest BCUT2D eigenvalue weighted by atomic mass is 16.5. The molecule has 134 valence electrons. The van der Waals surface area contributed by atoms with Crippen molar-refractivity contribution in [3.05, 3.63) is 71.8 Å². The minimum Gasteiger partial charge on any atom is -0.496 e. The summed E-state index contributed by atoms with van der Waals surface area (Å²) in [5.41, 5.74) is 11.4. The monoisotopic (exact) mass is 347 g/mol. The minimum absolute atomic E-state index is 0.513. The van der Waals surface area contributed by atoms with Crippen molar-refractivity contribution in [3.63, 3.8) is 0 Å². The number of nitrogen functional groups attached to an aromatic ring is 1. The lowest BCUT2D eigenvalue weighted by Crippen LogP contribution is -2.07. The van der Waals surface area contributed by atoms with E-state index in [0.717, 1.165) is 42.1 Å². The van der Waals surface area contributed by atoms with Gasteiger partial charge in [0.2, 0.25) is 0 Å². The summed E-state index contributed by atoms with van der Waals surface area (Å²) >= 11 is 0. The summed E-state index contributed by atoms with van der Waals surface area (Å²) in [5, 5.41) is 3.47. The van der Waals surface area contributed by atoms with E-state index < -0.39 is 0 Å². The van der Waals surface area contributed by atoms with Gasteiger partial charge >= 0.3 is 0 Å². The van der Waals surface area contributed by atoms with Crippen molar-refractivity contribution in [1.29, 1.82) is 0 Å². The Bertz CT molecular complexity index is 863. The number of ether oxygens (including phenoxy) is 1. The number of nitrogens with one attached hydrogen (secondary N) is 1. The first kappa shape index (κ1) is 17.8. The summed E-state index contributed by atoms with van der Waals surface area (Å²) in [6.07, 6.45) is 1.89. The third kappa shape index (κ3) is 4.14. The van der Waals surface area contributed by atoms with Gasteiger partial charge in [-0.1, -0.05) is 31.2 Å². The zero-order chi connectivity index (χ0) is 18.4. The number of nitrogens with zero attached hydrogens (tertiary/aromatic N) is 1. The molecule has 4 heteroatoms. The lowest BCUT2D eigenvalue weighted by Gasteiger charge is -2.16. The maximum absolute atomic E-state index is 5.85. The number of para-hydroxylation sites is 1. The quantitative estimate of drug-likeness (QED) is 0.658. The van der Waals surface area contributed by atoms with Gasteiger partial charge in [0.1, 0.15) is 11.6 Å². The number of rotatable bonds is 7. The van der Waals surface area contributed by atoms with Crippen molar-refractivity contribution < 1.29 is 4.74 Å². The van der Waals surface area contributed by atoms with E-state index in [2.05, 4.69) is 41.5 Å². The van der Waals surface area contributed by atoms with Crippen LogP contribution in [0.1, 0.15) is 18.1 Å². The summed E-state index contributed by atoms with van der Waals surface area (Å²) in [4.78, 5) is 4.44. The highest BCUT2D eigenvalue weighted by molar-refractivity contribution is 5.70. The predicted octanol–water partition coefficient (Wildman–Crippen LogP) is 4.56. The van der Waals surface area contributed by atoms with Crippen LogP contribution >= 0.6 is 0 Å². The van der Waals surface area contributed by atoms with Crippen molar-refractivity contribution >= 4 is 11.5 Å². The van der Waals surface area contributed by atoms with Gasteiger partial charge in [0.05, 0.1) is 12.8 Å². The van der Waals surface area contributed by atoms with Crippen LogP contribution in [0.5, 0.6) is 5.75 Å². The molecule has 0 fully saturated rings. The number of anilines is 2. The second-order valence-corrected chi connectivity index (χ2v) is 6.17. The average Bonchev–Trinajstić information content (AvgIpc) is 2.68. The van der Waals surface area contributed by atoms with Crippen LogP contribution in [0.25, 0.3) is 11.3 Å². The molecule has 0 unspecified atom stereocenters. The summed E-state index contributed by atoms with van der Waals surface area (Å²) < 4.78 is 5.64. The van der Waals surface area contributed by atoms with Gasteiger partial charge in [-0.05, 0) is 60.4 Å². The zero-order valence-electron chi connectivity index (χ0n) is 15.3. The molecule has 0 saturated heterocycles. The number of aromatic nitrogens is 1. The Kier molecular flexibility index (Phi) is 5.74. The van der Waals surface area contributed by atoms with Gasteiger partial charge in [0.15, 0.2) is 0 Å². The molecule has 3 rings (SSSR count). The van der Waals surface area contributed by atoms with Crippen LogP contribution in [-0.2, 0) is 12.8 Å². The standard InChI is InChI=1S/C22H25N3O/c1-3-16-14-19(20-10-7-11-22(23)25-20)21(26-2)15-17(16)12-13-24-18-8-5-4-6-9-18/h4-11,14-15,24H,3,12-13H2,1-2H3,(H2,23,25). The molecule has 3 N–H and O–H groups in total. The number of hydrogen-bond donors (Lipinski definition) is 2. The van der Waals surface area contributed by atoms with E-state index in [1.54, 1.807) is 13.2 Å². The number of aryl methyl sites for hydroxylation is 1. The van der Waals surface area contributed by atoms with Crippen molar-refractivity contribution in [1.82, 2.24) is 4.98 Å². The molecule has 2 aromatic carbocycles. The number of hydrogen-bond acceptors (Lipinski definition) is 4. The third-order valence-corrected chi connectivity index (χ3v) is 4.45. The highest BCUT2D eigenvalue weighted by Gasteiger charge is 2.12. The molecule has 0 atom stereocenters. The molecule has 0 aliphatic carbocycles. The van der Waals surface area contributed by atoms with E-state index in [1.807, 2.05) is 30.3 Å². The average molecular weight is 347 g/mol. The Morgan fingerprint density at radius 1 is 1.00 bits per heavy atom. The normalized spacial score (nSPS) is 10.5. The predicted molar refractivity (Wildman–Crippen MR) is 109 cm³/mol. The second kappa shape index (κ2) is 8.39. The van der Waals surface area contributed by atoms with Gasteiger partial charge in [0, 0.05) is 17.8 Å². The first-order valence-corrected chi connectivity index (χ1v) is 8.93. The van der Waals surface area contributed by atoms with Crippen molar-refractivity contribution in [2.24, 2.45) is 0 Å². The van der Waals surface area contributed by atoms with Crippen molar-refractivity contribution in [3.8, 4) is 17.0 Å². The molecule has 0 saturated carbocycles. The Morgan fingerprint density at radius 3 is 2.50 bits per heavy atom. The molecule has 4 nitrogen and oxygen atoms in total. The fourth-order valence-electron chi connectivity index (χ4n) is 3.10. The van der Waals surface area contributed by atoms with Crippen LogP contribution in [0.4, 0.5) is 11.5 Å². The molecule has 0 spiro atoms. The topological polar surface area (TPSA) is 60.2 Å². The molecular weight excluding hydrogens is 322 g/mol. The first-order valence-electron chi connectivity index (χ1n) is 8.93. The maximum Gasteiger partial charge on any atom is 0.128 e. The number of benzene rings is 2. The van der Waals surface area contributed by atoms with E-state index in [4.69, 9.17) is 10.5 Å². The maximum atomic E-state index is 5.85. The van der Waals surface area contributed by atoms with Gasteiger partial charge in [0.25, 0.3) is 0 Å². The van der Waals surface area contributed by atoms with Gasteiger partial charge in [-0.15, -0.1) is 0 Å². The van der Waals surface area contributed by atoms with Gasteiger partial charge in [-0.2, -0.15) is 0 Å². The fourth-order valence-corrected chi connectivity index (χ4v) is 3.10. The molecule has 26 heavy (non-hydrogen) atoms. The molecular formula is C22H25N3O. The summed E-state index contributed by atoms with van der Waals surface area (Å²) in [6.45, 7) is 3.04. The molecule has 1 heterocycles. The molecule has 3 aromatic rings. The molecule has 0 radical (unpaired) electrons. The summed E-state index contributed by atoms with van der Waals surface area (Å²) in [6, 6.07) is 20.2. The van der Waals surface area contributed by atoms with E-state index in [-0.39, 0.29) is 0 Å². The number of pyridine rings is 1. The van der Waals surface area contributed by atoms with E-state index in [9.17, 15) is 0 Å². The van der Waals surface area contributed by atoms with Crippen molar-refractivity contribution in [2.45, 2.75) is 19.8 Å². The number of nitrogens with two attached hydrogens (primary N) is 1. The van der Waals surface area contributed by atoms with E-state index in [1.165, 1.54) is 11.1 Å². The van der Waals surface area contributed by atoms with Gasteiger partial charge < -0.3 is 15.8 Å². The fraction of sp³-hybridized carbons (Fsp3) is 0.227. The lowest BCUT2D eigenvalue weighted by molar-refractivity contribution is 0.415. The van der Waals surface area contributed by atoms with Gasteiger partial charge in [-0.3, -0.25) is 0 Å². The Labute approximate surface area is 155 Å². The largest absolute Gasteiger partial charge is 0.496 e. The smallest absolute Gasteiger partial charge is 0.128 e. The molecule has 0 aliphatic rings. The van der Waals surface area contributed by atoms with Crippen LogP contribution in [-0.4, -0.2) is 18.6 Å². The lowest BCUT2D eigenvalue weighted by atomic mass is 9.97. The number of methoxy groups -OCH3 is 1. The minimum atomic E-state index is 0.513. The Morgan fingerprint density at radius 2 is 1.81 bits per heavy atom. The zero-order valence-corrected chi connectivity index (χ0v) is 15.3. The Hall–Kier alpha value is -3.01. The van der Waals surface area contributed by atoms with Crippen LogP contribution in [0.15, 0.2) is 60.7 Å². The molecule has 0 aliphatic heterocycles. The summed E-state index contributed by atoms with van der Waals surface area (Å²) in [5.74, 6) is 1.34. The van der Waals surface area contributed by atoms with Crippen LogP contribution in [0.2, 0.25) is 0 Å².